The number of carbonyl (C=O) groups is 1. The van der Waals surface area contributed by atoms with Crippen LogP contribution in [0, 0.1) is 19.3 Å². The van der Waals surface area contributed by atoms with Gasteiger partial charge in [-0.05, 0) is 50.5 Å². The minimum Gasteiger partial charge on any atom is -0.465 e. The highest BCUT2D eigenvalue weighted by atomic mass is 32.1. The number of fused-ring (bicyclic) bond motifs is 1. The molecule has 23 heavy (non-hydrogen) atoms. The van der Waals surface area contributed by atoms with Gasteiger partial charge in [0.1, 0.15) is 21.3 Å². The minimum absolute atomic E-state index is 0.286. The molecule has 0 aromatic carbocycles. The van der Waals surface area contributed by atoms with E-state index in [1.54, 1.807) is 0 Å². The van der Waals surface area contributed by atoms with E-state index in [9.17, 15) is 4.79 Å². The lowest BCUT2D eigenvalue weighted by molar-refractivity contribution is 0.0605. The standard InChI is InChI=1S/C17H21N3O2S/c1-10-12-14(20-8-4-5-17(9-20)6-7-17)18-11(2)19-15(12)23-13(10)16(21)22-3/h4-9H2,1-3H3. The fourth-order valence-corrected chi connectivity index (χ4v) is 4.85. The summed E-state index contributed by atoms with van der Waals surface area (Å²) >= 11 is 1.41. The maximum atomic E-state index is 12.0. The highest BCUT2D eigenvalue weighted by Crippen LogP contribution is 2.53. The molecule has 0 atom stereocenters. The van der Waals surface area contributed by atoms with Gasteiger partial charge in [0.25, 0.3) is 0 Å². The number of nitrogens with zero attached hydrogens (tertiary/aromatic N) is 3. The summed E-state index contributed by atoms with van der Waals surface area (Å²) in [6, 6.07) is 0. The lowest BCUT2D eigenvalue weighted by Crippen LogP contribution is -2.37. The Morgan fingerprint density at radius 2 is 2.04 bits per heavy atom. The van der Waals surface area contributed by atoms with Crippen molar-refractivity contribution in [3.8, 4) is 0 Å². The Hall–Kier alpha value is -1.69. The number of ether oxygens (including phenoxy) is 1. The molecule has 4 rings (SSSR count). The third-order valence-corrected chi connectivity index (χ3v) is 6.34. The van der Waals surface area contributed by atoms with Crippen LogP contribution >= 0.6 is 11.3 Å². The number of esters is 1. The summed E-state index contributed by atoms with van der Waals surface area (Å²) in [4.78, 5) is 25.3. The zero-order chi connectivity index (χ0) is 16.2. The van der Waals surface area contributed by atoms with Crippen LogP contribution in [-0.4, -0.2) is 36.1 Å². The van der Waals surface area contributed by atoms with Crippen molar-refractivity contribution in [1.82, 2.24) is 9.97 Å². The van der Waals surface area contributed by atoms with E-state index >= 15 is 0 Å². The number of piperidine rings is 1. The molecule has 0 unspecified atom stereocenters. The van der Waals surface area contributed by atoms with Gasteiger partial charge in [-0.2, -0.15) is 0 Å². The van der Waals surface area contributed by atoms with Crippen LogP contribution in [0.2, 0.25) is 0 Å². The maximum absolute atomic E-state index is 12.0. The van der Waals surface area contributed by atoms with Crippen LogP contribution in [0.4, 0.5) is 5.82 Å². The van der Waals surface area contributed by atoms with Crippen LogP contribution in [-0.2, 0) is 4.74 Å². The van der Waals surface area contributed by atoms with Crippen molar-refractivity contribution in [2.75, 3.05) is 25.1 Å². The van der Waals surface area contributed by atoms with Crippen molar-refractivity contribution in [3.05, 3.63) is 16.3 Å². The largest absolute Gasteiger partial charge is 0.465 e. The summed E-state index contributed by atoms with van der Waals surface area (Å²) in [6.07, 6.45) is 5.24. The van der Waals surface area contributed by atoms with Crippen LogP contribution in [0.5, 0.6) is 0 Å². The molecule has 1 spiro atoms. The molecule has 1 saturated carbocycles. The van der Waals surface area contributed by atoms with E-state index in [0.29, 0.717) is 10.3 Å². The van der Waals surface area contributed by atoms with Gasteiger partial charge in [0.05, 0.1) is 12.5 Å². The van der Waals surface area contributed by atoms with Gasteiger partial charge in [-0.15, -0.1) is 11.3 Å². The molecule has 5 nitrogen and oxygen atoms in total. The van der Waals surface area contributed by atoms with E-state index in [2.05, 4.69) is 9.88 Å². The number of aryl methyl sites for hydroxylation is 2. The highest BCUT2D eigenvalue weighted by Gasteiger charge is 2.46. The first-order valence-corrected chi connectivity index (χ1v) is 8.96. The minimum atomic E-state index is -0.286. The second-order valence-electron chi connectivity index (χ2n) is 6.85. The number of rotatable bonds is 2. The van der Waals surface area contributed by atoms with Crippen molar-refractivity contribution in [3.63, 3.8) is 0 Å². The van der Waals surface area contributed by atoms with Crippen LogP contribution in [0.3, 0.4) is 0 Å². The monoisotopic (exact) mass is 331 g/mol. The predicted molar refractivity (Wildman–Crippen MR) is 91.3 cm³/mol. The second kappa shape index (κ2) is 5.16. The van der Waals surface area contributed by atoms with Gasteiger partial charge in [0.15, 0.2) is 0 Å². The third-order valence-electron chi connectivity index (χ3n) is 5.17. The number of carbonyl (C=O) groups excluding carboxylic acids is 1. The van der Waals surface area contributed by atoms with Gasteiger partial charge < -0.3 is 9.64 Å². The van der Waals surface area contributed by atoms with Gasteiger partial charge in [-0.1, -0.05) is 0 Å². The maximum Gasteiger partial charge on any atom is 0.348 e. The molecule has 0 bridgehead atoms. The first-order valence-electron chi connectivity index (χ1n) is 8.14. The summed E-state index contributed by atoms with van der Waals surface area (Å²) in [5.41, 5.74) is 1.47. The zero-order valence-electron chi connectivity index (χ0n) is 13.8. The number of hydrogen-bond acceptors (Lipinski definition) is 6. The highest BCUT2D eigenvalue weighted by molar-refractivity contribution is 7.20. The normalized spacial score (nSPS) is 19.3. The molecule has 2 fully saturated rings. The Bertz CT molecular complexity index is 795. The fourth-order valence-electron chi connectivity index (χ4n) is 3.71. The van der Waals surface area contributed by atoms with E-state index in [-0.39, 0.29) is 5.97 Å². The molecule has 1 aliphatic heterocycles. The van der Waals surface area contributed by atoms with Crippen molar-refractivity contribution >= 4 is 33.3 Å². The van der Waals surface area contributed by atoms with Gasteiger partial charge in [0.2, 0.25) is 0 Å². The molecule has 3 heterocycles. The molecular formula is C17H21N3O2S. The molecule has 1 saturated heterocycles. The Morgan fingerprint density at radius 3 is 2.74 bits per heavy atom. The summed E-state index contributed by atoms with van der Waals surface area (Å²) < 4.78 is 4.92. The van der Waals surface area contributed by atoms with E-state index in [1.165, 1.54) is 44.1 Å². The molecule has 0 amide bonds. The summed E-state index contributed by atoms with van der Waals surface area (Å²) in [6.45, 7) is 6.02. The molecule has 1 aliphatic carbocycles. The smallest absolute Gasteiger partial charge is 0.348 e. The van der Waals surface area contributed by atoms with E-state index in [4.69, 9.17) is 9.72 Å². The van der Waals surface area contributed by atoms with Gasteiger partial charge in [-0.25, -0.2) is 14.8 Å². The quantitative estimate of drug-likeness (QED) is 0.789. The molecule has 122 valence electrons. The second-order valence-corrected chi connectivity index (χ2v) is 7.85. The summed E-state index contributed by atoms with van der Waals surface area (Å²) in [5, 5.41) is 1.03. The SMILES string of the molecule is COC(=O)c1sc2nc(C)nc(N3CCCC4(CC4)C3)c2c1C. The van der Waals surface area contributed by atoms with Gasteiger partial charge in [-0.3, -0.25) is 0 Å². The average molecular weight is 331 g/mol. The molecule has 6 heteroatoms. The molecule has 2 aromatic rings. The van der Waals surface area contributed by atoms with E-state index in [1.807, 2.05) is 13.8 Å². The third kappa shape index (κ3) is 2.40. The average Bonchev–Trinajstić information content (AvgIpc) is 3.20. The molecule has 2 aromatic heterocycles. The lowest BCUT2D eigenvalue weighted by Gasteiger charge is -2.34. The Morgan fingerprint density at radius 1 is 1.26 bits per heavy atom. The fraction of sp³-hybridized carbons (Fsp3) is 0.588. The van der Waals surface area contributed by atoms with E-state index in [0.717, 1.165) is 40.5 Å². The number of anilines is 1. The molecule has 0 radical (unpaired) electrons. The van der Waals surface area contributed by atoms with Crippen LogP contribution in [0.1, 0.15) is 46.7 Å². The first-order chi connectivity index (χ1) is 11.0. The van der Waals surface area contributed by atoms with E-state index < -0.39 is 0 Å². The summed E-state index contributed by atoms with van der Waals surface area (Å²) in [7, 11) is 1.42. The number of thiophene rings is 1. The predicted octanol–water partition coefficient (Wildman–Crippen LogP) is 3.48. The Labute approximate surface area is 139 Å². The Balaban J connectivity index is 1.85. The van der Waals surface area contributed by atoms with Crippen molar-refractivity contribution < 1.29 is 9.53 Å². The van der Waals surface area contributed by atoms with Crippen molar-refractivity contribution in [1.29, 1.82) is 0 Å². The first kappa shape index (κ1) is 14.9. The zero-order valence-corrected chi connectivity index (χ0v) is 14.6. The number of aromatic nitrogens is 2. The van der Waals surface area contributed by atoms with Gasteiger partial charge >= 0.3 is 5.97 Å². The summed E-state index contributed by atoms with van der Waals surface area (Å²) in [5.74, 6) is 1.48. The molecule has 2 aliphatic rings. The molecular weight excluding hydrogens is 310 g/mol. The number of hydrogen-bond donors (Lipinski definition) is 0. The Kier molecular flexibility index (Phi) is 3.34. The number of methoxy groups -OCH3 is 1. The van der Waals surface area contributed by atoms with Crippen LogP contribution in [0.25, 0.3) is 10.2 Å². The van der Waals surface area contributed by atoms with Crippen LogP contribution in [0.15, 0.2) is 0 Å². The lowest BCUT2D eigenvalue weighted by atomic mass is 9.95. The van der Waals surface area contributed by atoms with Crippen molar-refractivity contribution in [2.45, 2.75) is 39.5 Å². The van der Waals surface area contributed by atoms with Crippen molar-refractivity contribution in [2.24, 2.45) is 5.41 Å². The van der Waals surface area contributed by atoms with Crippen LogP contribution < -0.4 is 4.90 Å². The topological polar surface area (TPSA) is 55.3 Å². The molecule has 0 N–H and O–H groups in total. The van der Waals surface area contributed by atoms with Gasteiger partial charge in [0, 0.05) is 13.1 Å².